The van der Waals surface area contributed by atoms with Gasteiger partial charge in [0.25, 0.3) is 0 Å². The highest BCUT2D eigenvalue weighted by Crippen LogP contribution is 2.45. The van der Waals surface area contributed by atoms with Gasteiger partial charge in [0, 0.05) is 71.3 Å². The lowest BCUT2D eigenvalue weighted by Crippen LogP contribution is -2.35. The van der Waals surface area contributed by atoms with Crippen LogP contribution in [-0.4, -0.2) is 11.8 Å². The van der Waals surface area contributed by atoms with Crippen molar-refractivity contribution in [3.63, 3.8) is 0 Å². The molecule has 11 aromatic rings. The molecule has 5 heterocycles. The number of para-hydroxylation sites is 1. The van der Waals surface area contributed by atoms with Crippen molar-refractivity contribution in [2.45, 2.75) is 78.6 Å². The third kappa shape index (κ3) is 5.58. The number of rotatable bonds is 3. The van der Waals surface area contributed by atoms with Crippen molar-refractivity contribution >= 4 is 116 Å². The smallest absolute Gasteiger partial charge is 0.211 e. The molecule has 1 aliphatic heterocycles. The number of hydrogen-bond donors (Lipinski definition) is 1. The molecule has 0 aliphatic carbocycles. The Balaban J connectivity index is 1.16. The summed E-state index contributed by atoms with van der Waals surface area (Å²) in [5.41, 5.74) is 16.7. The second-order valence-electron chi connectivity index (χ2n) is 20.6. The van der Waals surface area contributed by atoms with E-state index in [0.717, 1.165) is 66.3 Å². The first kappa shape index (κ1) is 37.5. The number of anilines is 2. The first-order valence-corrected chi connectivity index (χ1v) is 22.6. The van der Waals surface area contributed by atoms with Crippen LogP contribution < -0.4 is 15.6 Å². The van der Waals surface area contributed by atoms with E-state index < -0.39 is 0 Å². The summed E-state index contributed by atoms with van der Waals surface area (Å²) in [5.74, 6) is 0. The Kier molecular flexibility index (Phi) is 7.67. The van der Waals surface area contributed by atoms with Crippen LogP contribution in [0.2, 0.25) is 0 Å². The van der Waals surface area contributed by atoms with Crippen LogP contribution in [0, 0.1) is 0 Å². The number of fused-ring (bicyclic) bond motifs is 13. The van der Waals surface area contributed by atoms with Gasteiger partial charge in [0.15, 0.2) is 0 Å². The number of nitrogens with one attached hydrogen (secondary N) is 1. The van der Waals surface area contributed by atoms with E-state index in [1.165, 1.54) is 64.6 Å². The van der Waals surface area contributed by atoms with Gasteiger partial charge in [-0.25, -0.2) is 0 Å². The highest BCUT2D eigenvalue weighted by molar-refractivity contribution is 7.29. The summed E-state index contributed by atoms with van der Waals surface area (Å²) in [7, 11) is 2.46. The lowest BCUT2D eigenvalue weighted by atomic mass is 9.63. The van der Waals surface area contributed by atoms with Gasteiger partial charge in [0.2, 0.25) is 7.28 Å². The van der Waals surface area contributed by atoms with Crippen LogP contribution in [0.15, 0.2) is 130 Å². The van der Waals surface area contributed by atoms with E-state index in [1.54, 1.807) is 0 Å². The van der Waals surface area contributed by atoms with E-state index in [2.05, 4.69) is 201 Å². The Morgan fingerprint density at radius 2 is 1.13 bits per heavy atom. The molecule has 4 nitrogen and oxygen atoms in total. The van der Waals surface area contributed by atoms with Crippen LogP contribution >= 0.6 is 11.3 Å². The lowest BCUT2D eigenvalue weighted by molar-refractivity contribution is 0.587. The SMILES string of the molecule is CC(C)(C)c1ccc(Nc2cc3oc4cc(C(C)(C)C)ccc4c3cc2-c2ccc3c4cc5c(cc4n4c3c2[B]c2sc3ccc(C(C)(C)C)cc3c2-4)oc2ccccc25)cc1. The summed E-state index contributed by atoms with van der Waals surface area (Å²) in [4.78, 5) is 0. The maximum absolute atomic E-state index is 6.73. The Hall–Kier alpha value is -6.24. The summed E-state index contributed by atoms with van der Waals surface area (Å²) >= 11 is 1.88. The van der Waals surface area contributed by atoms with Crippen molar-refractivity contribution in [3.05, 3.63) is 138 Å². The third-order valence-corrected chi connectivity index (χ3v) is 14.4. The fourth-order valence-corrected chi connectivity index (χ4v) is 10.9. The molecule has 0 fully saturated rings. The second-order valence-corrected chi connectivity index (χ2v) is 21.6. The molecular weight excluding hydrogens is 776 g/mol. The summed E-state index contributed by atoms with van der Waals surface area (Å²) in [6.07, 6.45) is 0. The maximum Gasteiger partial charge on any atom is 0.211 e. The molecule has 0 spiro atoms. The zero-order chi connectivity index (χ0) is 42.6. The maximum atomic E-state index is 6.73. The van der Waals surface area contributed by atoms with E-state index in [-0.39, 0.29) is 16.2 Å². The Morgan fingerprint density at radius 3 is 1.90 bits per heavy atom. The number of aromatic nitrogens is 1. The Morgan fingerprint density at radius 1 is 0.500 bits per heavy atom. The summed E-state index contributed by atoms with van der Waals surface area (Å²) in [5, 5.41) is 12.1. The van der Waals surface area contributed by atoms with Crippen LogP contribution in [0.4, 0.5) is 11.4 Å². The van der Waals surface area contributed by atoms with Crippen molar-refractivity contribution < 1.29 is 8.83 Å². The lowest BCUT2D eigenvalue weighted by Gasteiger charge is -2.23. The molecule has 0 amide bonds. The van der Waals surface area contributed by atoms with E-state index in [9.17, 15) is 0 Å². The zero-order valence-corrected chi connectivity index (χ0v) is 37.6. The van der Waals surface area contributed by atoms with Crippen LogP contribution in [0.25, 0.3) is 92.6 Å². The van der Waals surface area contributed by atoms with Gasteiger partial charge in [-0.3, -0.25) is 0 Å². The van der Waals surface area contributed by atoms with E-state index in [4.69, 9.17) is 8.83 Å². The Labute approximate surface area is 366 Å². The molecular formula is C56H48BN2O2S. The molecule has 12 rings (SSSR count). The normalized spacial score (nSPS) is 13.4. The number of benzene rings is 7. The predicted molar refractivity (Wildman–Crippen MR) is 267 cm³/mol. The van der Waals surface area contributed by atoms with Crippen LogP contribution in [0.5, 0.6) is 0 Å². The minimum atomic E-state index is 0.00599. The monoisotopic (exact) mass is 823 g/mol. The minimum absolute atomic E-state index is 0.00599. The quantitative estimate of drug-likeness (QED) is 0.181. The largest absolute Gasteiger partial charge is 0.456 e. The highest BCUT2D eigenvalue weighted by atomic mass is 32.1. The number of nitrogens with zero attached hydrogens (tertiary/aromatic N) is 1. The van der Waals surface area contributed by atoms with E-state index >= 15 is 0 Å². The average Bonchev–Trinajstić information content (AvgIpc) is 3.97. The first-order valence-electron chi connectivity index (χ1n) is 21.8. The third-order valence-electron chi connectivity index (χ3n) is 13.3. The molecule has 0 saturated carbocycles. The van der Waals surface area contributed by atoms with Gasteiger partial charge in [0.1, 0.15) is 22.3 Å². The average molecular weight is 824 g/mol. The molecule has 7 aromatic carbocycles. The standard InChI is InChI=1S/C56H48BN2O2S/c1-54(2,3)30-14-18-33(19-15-30)58-43-28-47-40(35-20-16-32(56(7,8)9)25-46(35)61-47)26-38(43)36-21-22-37-39-27-41-34-12-10-11-13-45(34)60-48(41)29-44(39)59-51(37)50(36)57-53-52(59)42-24-31(55(4,5)6)17-23-49(42)62-53/h10-29,58H,1-9H3. The van der Waals surface area contributed by atoms with Crippen molar-refractivity contribution in [2.75, 3.05) is 5.32 Å². The summed E-state index contributed by atoms with van der Waals surface area (Å²) in [6.45, 7) is 20.5. The van der Waals surface area contributed by atoms with Crippen LogP contribution in [0.1, 0.15) is 79.0 Å². The fourth-order valence-electron chi connectivity index (χ4n) is 9.82. The molecule has 0 saturated heterocycles. The van der Waals surface area contributed by atoms with Gasteiger partial charge in [-0.05, 0) is 97.3 Å². The Bertz CT molecular complexity index is 3690. The summed E-state index contributed by atoms with van der Waals surface area (Å²) in [6, 6.07) is 45.0. The zero-order valence-electron chi connectivity index (χ0n) is 36.8. The number of furan rings is 2. The van der Waals surface area contributed by atoms with Crippen LogP contribution in [-0.2, 0) is 16.2 Å². The van der Waals surface area contributed by atoms with Crippen LogP contribution in [0.3, 0.4) is 0 Å². The predicted octanol–water partition coefficient (Wildman–Crippen LogP) is 15.1. The number of hydrogen-bond acceptors (Lipinski definition) is 4. The van der Waals surface area contributed by atoms with Gasteiger partial charge in [-0.2, -0.15) is 0 Å². The topological polar surface area (TPSA) is 43.2 Å². The van der Waals surface area contributed by atoms with Crippen molar-refractivity contribution in [1.29, 1.82) is 0 Å². The second kappa shape index (κ2) is 12.7. The van der Waals surface area contributed by atoms with Crippen molar-refractivity contribution in [1.82, 2.24) is 4.57 Å². The molecule has 0 unspecified atom stereocenters. The molecule has 1 radical (unpaired) electrons. The molecule has 303 valence electrons. The van der Waals surface area contributed by atoms with E-state index in [0.29, 0.717) is 0 Å². The molecule has 6 heteroatoms. The minimum Gasteiger partial charge on any atom is -0.456 e. The summed E-state index contributed by atoms with van der Waals surface area (Å²) < 4.78 is 18.4. The fraction of sp³-hybridized carbons (Fsp3) is 0.214. The van der Waals surface area contributed by atoms with Gasteiger partial charge in [-0.15, -0.1) is 11.3 Å². The van der Waals surface area contributed by atoms with Gasteiger partial charge >= 0.3 is 0 Å². The van der Waals surface area contributed by atoms with E-state index in [1.807, 2.05) is 11.3 Å². The molecule has 1 aliphatic rings. The first-order chi connectivity index (χ1) is 29.6. The van der Waals surface area contributed by atoms with Crippen molar-refractivity contribution in [3.8, 4) is 16.8 Å². The van der Waals surface area contributed by atoms with Crippen molar-refractivity contribution in [2.24, 2.45) is 0 Å². The molecule has 4 aromatic heterocycles. The highest BCUT2D eigenvalue weighted by Gasteiger charge is 2.31. The number of thiophene rings is 1. The van der Waals surface area contributed by atoms with Gasteiger partial charge < -0.3 is 18.7 Å². The van der Waals surface area contributed by atoms with Gasteiger partial charge in [0.05, 0.1) is 16.9 Å². The molecule has 62 heavy (non-hydrogen) atoms. The van der Waals surface area contributed by atoms with Gasteiger partial charge in [-0.1, -0.05) is 123 Å². The molecule has 0 bridgehead atoms. The molecule has 0 atom stereocenters. The molecule has 1 N–H and O–H groups in total.